The van der Waals surface area contributed by atoms with Crippen molar-refractivity contribution in [3.05, 3.63) is 58.7 Å². The van der Waals surface area contributed by atoms with Gasteiger partial charge in [-0.05, 0) is 75.1 Å². The van der Waals surface area contributed by atoms with Gasteiger partial charge in [0, 0.05) is 38.1 Å². The summed E-state index contributed by atoms with van der Waals surface area (Å²) in [7, 11) is 3.19. The van der Waals surface area contributed by atoms with Crippen LogP contribution < -0.4 is 14.8 Å². The maximum Gasteiger partial charge on any atom is 0.318 e. The molecule has 228 valence electrons. The lowest BCUT2D eigenvalue weighted by molar-refractivity contribution is -0.133. The third-order valence-electron chi connectivity index (χ3n) is 7.68. The Kier molecular flexibility index (Phi) is 10.1. The molecule has 1 atom stereocenters. The SMILES string of the molecule is COc1ccc(C2CC(c3ccc(C)c(C)c3)=NN2C(=O)CN(CCN2CCOCC2)C(=O)NC(C)(C)C)cc1OC. The quantitative estimate of drug-likeness (QED) is 0.480. The molecule has 10 heteroatoms. The molecule has 0 spiro atoms. The van der Waals surface area contributed by atoms with Crippen molar-refractivity contribution in [1.29, 1.82) is 0 Å². The molecule has 1 saturated heterocycles. The van der Waals surface area contributed by atoms with Crippen molar-refractivity contribution >= 4 is 17.6 Å². The van der Waals surface area contributed by atoms with E-state index in [1.807, 2.05) is 45.0 Å². The van der Waals surface area contributed by atoms with E-state index in [2.05, 4.69) is 36.2 Å². The molecule has 0 radical (unpaired) electrons. The van der Waals surface area contributed by atoms with Crippen LogP contribution in [0.25, 0.3) is 0 Å². The number of morpholine rings is 1. The number of hydrogen-bond acceptors (Lipinski definition) is 7. The van der Waals surface area contributed by atoms with Crippen molar-refractivity contribution in [1.82, 2.24) is 20.1 Å². The number of methoxy groups -OCH3 is 2. The van der Waals surface area contributed by atoms with Gasteiger partial charge in [-0.2, -0.15) is 5.10 Å². The molecule has 2 aliphatic heterocycles. The summed E-state index contributed by atoms with van der Waals surface area (Å²) in [6.45, 7) is 13.9. The fourth-order valence-electron chi connectivity index (χ4n) is 5.13. The molecule has 2 aliphatic rings. The van der Waals surface area contributed by atoms with Crippen LogP contribution in [0.4, 0.5) is 4.79 Å². The minimum Gasteiger partial charge on any atom is -0.493 e. The molecule has 1 N–H and O–H groups in total. The van der Waals surface area contributed by atoms with Crippen molar-refractivity contribution < 1.29 is 23.8 Å². The summed E-state index contributed by atoms with van der Waals surface area (Å²) in [6, 6.07) is 11.3. The highest BCUT2D eigenvalue weighted by Gasteiger charge is 2.35. The van der Waals surface area contributed by atoms with Gasteiger partial charge in [0.25, 0.3) is 5.91 Å². The Morgan fingerprint density at radius 1 is 1.02 bits per heavy atom. The zero-order valence-corrected chi connectivity index (χ0v) is 26.0. The van der Waals surface area contributed by atoms with Crippen LogP contribution in [0.3, 0.4) is 0 Å². The van der Waals surface area contributed by atoms with E-state index in [4.69, 9.17) is 19.3 Å². The zero-order chi connectivity index (χ0) is 30.4. The molecule has 2 aromatic rings. The molecule has 0 bridgehead atoms. The molecule has 1 unspecified atom stereocenters. The molecule has 10 nitrogen and oxygen atoms in total. The molecule has 2 heterocycles. The van der Waals surface area contributed by atoms with Crippen LogP contribution in [0.5, 0.6) is 11.5 Å². The topological polar surface area (TPSA) is 95.9 Å². The standard InChI is InChI=1S/C32H45N5O5/c1-22-8-9-24(18-23(22)2)26-20-27(25-10-11-28(40-6)29(19-25)41-7)37(34-26)30(38)21-36(31(39)33-32(3,4)5)13-12-35-14-16-42-17-15-35/h8-11,18-19,27H,12-17,20-21H2,1-7H3,(H,33,39). The van der Waals surface area contributed by atoms with Crippen LogP contribution in [0.15, 0.2) is 41.5 Å². The summed E-state index contributed by atoms with van der Waals surface area (Å²) in [6.07, 6.45) is 0.533. The van der Waals surface area contributed by atoms with Gasteiger partial charge in [-0.15, -0.1) is 0 Å². The van der Waals surface area contributed by atoms with E-state index in [0.29, 0.717) is 44.2 Å². The summed E-state index contributed by atoms with van der Waals surface area (Å²) in [5, 5.41) is 9.43. The Morgan fingerprint density at radius 2 is 1.74 bits per heavy atom. The smallest absolute Gasteiger partial charge is 0.318 e. The Labute approximate surface area is 249 Å². The van der Waals surface area contributed by atoms with Gasteiger partial charge in [0.1, 0.15) is 6.54 Å². The predicted molar refractivity (Wildman–Crippen MR) is 163 cm³/mol. The number of amides is 3. The van der Waals surface area contributed by atoms with E-state index >= 15 is 0 Å². The van der Waals surface area contributed by atoms with Crippen LogP contribution in [-0.2, 0) is 9.53 Å². The first kappa shape index (κ1) is 31.3. The molecular formula is C32H45N5O5. The van der Waals surface area contributed by atoms with Gasteiger partial charge in [-0.25, -0.2) is 9.80 Å². The average Bonchev–Trinajstić information content (AvgIpc) is 3.41. The third-order valence-corrected chi connectivity index (χ3v) is 7.68. The lowest BCUT2D eigenvalue weighted by Gasteiger charge is -2.33. The van der Waals surface area contributed by atoms with Gasteiger partial charge < -0.3 is 24.4 Å². The van der Waals surface area contributed by atoms with E-state index in [0.717, 1.165) is 35.5 Å². The summed E-state index contributed by atoms with van der Waals surface area (Å²) in [5.41, 5.74) is 4.60. The highest BCUT2D eigenvalue weighted by molar-refractivity contribution is 6.03. The maximum atomic E-state index is 14.0. The molecule has 1 fully saturated rings. The first-order valence-corrected chi connectivity index (χ1v) is 14.6. The van der Waals surface area contributed by atoms with Crippen molar-refractivity contribution in [3.63, 3.8) is 0 Å². The molecule has 0 aromatic heterocycles. The fraction of sp³-hybridized carbons (Fsp3) is 0.531. The first-order valence-electron chi connectivity index (χ1n) is 14.6. The highest BCUT2D eigenvalue weighted by atomic mass is 16.5. The molecule has 3 amide bonds. The summed E-state index contributed by atoms with van der Waals surface area (Å²) in [4.78, 5) is 31.3. The molecular weight excluding hydrogens is 534 g/mol. The lowest BCUT2D eigenvalue weighted by Crippen LogP contribution is -2.53. The maximum absolute atomic E-state index is 14.0. The van der Waals surface area contributed by atoms with E-state index < -0.39 is 5.54 Å². The largest absolute Gasteiger partial charge is 0.493 e. The van der Waals surface area contributed by atoms with Crippen molar-refractivity contribution in [3.8, 4) is 11.5 Å². The number of ether oxygens (including phenoxy) is 3. The third kappa shape index (κ3) is 7.80. The fourth-order valence-corrected chi connectivity index (χ4v) is 5.13. The summed E-state index contributed by atoms with van der Waals surface area (Å²) < 4.78 is 16.5. The number of carbonyl (C=O) groups is 2. The first-order chi connectivity index (χ1) is 20.0. The monoisotopic (exact) mass is 579 g/mol. The van der Waals surface area contributed by atoms with Crippen LogP contribution in [-0.4, -0.2) is 98.2 Å². The van der Waals surface area contributed by atoms with Gasteiger partial charge in [0.2, 0.25) is 0 Å². The minimum atomic E-state index is -0.443. The Balaban J connectivity index is 1.63. The number of rotatable bonds is 9. The lowest BCUT2D eigenvalue weighted by atomic mass is 9.96. The number of nitrogens with zero attached hydrogens (tertiary/aromatic N) is 4. The average molecular weight is 580 g/mol. The zero-order valence-electron chi connectivity index (χ0n) is 26.0. The normalized spacial score (nSPS) is 17.5. The van der Waals surface area contributed by atoms with E-state index in [9.17, 15) is 9.59 Å². The number of hydrazone groups is 1. The van der Waals surface area contributed by atoms with Crippen molar-refractivity contribution in [2.75, 3.05) is 60.2 Å². The summed E-state index contributed by atoms with van der Waals surface area (Å²) >= 11 is 0. The van der Waals surface area contributed by atoms with E-state index in [1.54, 1.807) is 19.1 Å². The second-order valence-electron chi connectivity index (χ2n) is 12.0. The van der Waals surface area contributed by atoms with E-state index in [1.165, 1.54) is 10.6 Å². The Bertz CT molecular complexity index is 1300. The minimum absolute atomic E-state index is 0.0975. The second kappa shape index (κ2) is 13.6. The molecule has 2 aromatic carbocycles. The number of carbonyl (C=O) groups excluding carboxylic acids is 2. The van der Waals surface area contributed by atoms with Gasteiger partial charge >= 0.3 is 6.03 Å². The number of urea groups is 1. The summed E-state index contributed by atoms with van der Waals surface area (Å²) in [5.74, 6) is 0.943. The van der Waals surface area contributed by atoms with Gasteiger partial charge in [-0.1, -0.05) is 18.2 Å². The second-order valence-corrected chi connectivity index (χ2v) is 12.0. The van der Waals surface area contributed by atoms with Crippen LogP contribution in [0.1, 0.15) is 55.5 Å². The number of hydrogen-bond donors (Lipinski definition) is 1. The number of nitrogens with one attached hydrogen (secondary N) is 1. The van der Waals surface area contributed by atoms with Crippen molar-refractivity contribution in [2.24, 2.45) is 5.10 Å². The van der Waals surface area contributed by atoms with Crippen molar-refractivity contribution in [2.45, 2.75) is 52.6 Å². The van der Waals surface area contributed by atoms with Crippen LogP contribution in [0.2, 0.25) is 0 Å². The number of benzene rings is 2. The molecule has 0 aliphatic carbocycles. The predicted octanol–water partition coefficient (Wildman–Crippen LogP) is 4.14. The van der Waals surface area contributed by atoms with Gasteiger partial charge in [-0.3, -0.25) is 9.69 Å². The van der Waals surface area contributed by atoms with Crippen LogP contribution in [0, 0.1) is 13.8 Å². The number of aryl methyl sites for hydroxylation is 2. The van der Waals surface area contributed by atoms with Gasteiger partial charge in [0.15, 0.2) is 11.5 Å². The Morgan fingerprint density at radius 3 is 2.38 bits per heavy atom. The molecule has 0 saturated carbocycles. The highest BCUT2D eigenvalue weighted by Crippen LogP contribution is 2.37. The Hall–Kier alpha value is -3.63. The molecule has 42 heavy (non-hydrogen) atoms. The van der Waals surface area contributed by atoms with Gasteiger partial charge in [0.05, 0.1) is 39.2 Å². The van der Waals surface area contributed by atoms with Crippen LogP contribution >= 0.6 is 0 Å². The molecule has 4 rings (SSSR count). The van der Waals surface area contributed by atoms with E-state index in [-0.39, 0.29) is 24.5 Å².